The normalized spacial score (nSPS) is 18.7. The summed E-state index contributed by atoms with van der Waals surface area (Å²) in [5, 5.41) is 8.36. The van der Waals surface area contributed by atoms with E-state index in [4.69, 9.17) is 4.74 Å². The highest BCUT2D eigenvalue weighted by molar-refractivity contribution is 7.89. The van der Waals surface area contributed by atoms with Crippen LogP contribution in [0.25, 0.3) is 5.69 Å². The van der Waals surface area contributed by atoms with Crippen LogP contribution in [0.3, 0.4) is 0 Å². The predicted molar refractivity (Wildman–Crippen MR) is 96.8 cm³/mol. The summed E-state index contributed by atoms with van der Waals surface area (Å²) in [5.41, 5.74) is 1.40. The van der Waals surface area contributed by atoms with Crippen LogP contribution in [0.5, 0.6) is 0 Å². The Morgan fingerprint density at radius 3 is 2.67 bits per heavy atom. The zero-order valence-corrected chi connectivity index (χ0v) is 15.9. The lowest BCUT2D eigenvalue weighted by atomic mass is 10.2. The lowest BCUT2D eigenvalue weighted by Crippen LogP contribution is -2.44. The summed E-state index contributed by atoms with van der Waals surface area (Å²) < 4.78 is 36.9. The van der Waals surface area contributed by atoms with Crippen molar-refractivity contribution in [2.45, 2.75) is 17.9 Å². The van der Waals surface area contributed by atoms with Gasteiger partial charge in [0.1, 0.15) is 17.3 Å². The van der Waals surface area contributed by atoms with Crippen LogP contribution < -0.4 is 0 Å². The van der Waals surface area contributed by atoms with E-state index in [9.17, 15) is 8.42 Å². The number of sulfonamides is 1. The number of para-hydroxylation sites is 1. The third kappa shape index (κ3) is 3.05. The van der Waals surface area contributed by atoms with E-state index < -0.39 is 16.1 Å². The number of ether oxygens (including phenoxy) is 1. The van der Waals surface area contributed by atoms with Crippen molar-refractivity contribution in [1.29, 1.82) is 0 Å². The summed E-state index contributed by atoms with van der Waals surface area (Å²) in [6.45, 7) is 2.52. The molecule has 4 rings (SSSR count). The average Bonchev–Trinajstić information content (AvgIpc) is 3.30. The number of aryl methyl sites for hydroxylation is 1. The number of aromatic nitrogens is 5. The summed E-state index contributed by atoms with van der Waals surface area (Å²) >= 11 is 0. The topological polar surface area (TPSA) is 95.1 Å². The molecule has 1 saturated heterocycles. The van der Waals surface area contributed by atoms with Gasteiger partial charge in [0.05, 0.1) is 30.8 Å². The second kappa shape index (κ2) is 6.87. The molecule has 1 fully saturated rings. The second-order valence-corrected chi connectivity index (χ2v) is 8.15. The molecule has 2 aromatic heterocycles. The minimum Gasteiger partial charge on any atom is -0.378 e. The van der Waals surface area contributed by atoms with Crippen LogP contribution in [0.2, 0.25) is 0 Å². The molecule has 10 heteroatoms. The van der Waals surface area contributed by atoms with E-state index in [0.717, 1.165) is 5.69 Å². The van der Waals surface area contributed by atoms with Gasteiger partial charge in [-0.25, -0.2) is 18.1 Å². The van der Waals surface area contributed by atoms with Gasteiger partial charge in [-0.3, -0.25) is 4.68 Å². The molecule has 9 nitrogen and oxygen atoms in total. The minimum absolute atomic E-state index is 0.197. The molecule has 0 spiro atoms. The Labute approximate surface area is 157 Å². The maximum atomic E-state index is 13.3. The van der Waals surface area contributed by atoms with Crippen molar-refractivity contribution in [2.24, 2.45) is 7.05 Å². The molecule has 0 saturated carbocycles. The third-order valence-corrected chi connectivity index (χ3v) is 6.74. The molecule has 3 heterocycles. The Kier molecular flexibility index (Phi) is 4.54. The highest BCUT2D eigenvalue weighted by Gasteiger charge is 2.39. The quantitative estimate of drug-likeness (QED) is 0.664. The molecule has 1 aromatic carbocycles. The first kappa shape index (κ1) is 17.8. The summed E-state index contributed by atoms with van der Waals surface area (Å²) in [4.78, 5) is 4.54. The van der Waals surface area contributed by atoms with Gasteiger partial charge >= 0.3 is 0 Å². The van der Waals surface area contributed by atoms with E-state index in [-0.39, 0.29) is 18.0 Å². The number of morpholine rings is 1. The molecule has 1 unspecified atom stereocenters. The molecule has 1 aliphatic rings. The fourth-order valence-corrected chi connectivity index (χ4v) is 4.93. The summed E-state index contributed by atoms with van der Waals surface area (Å²) in [6, 6.07) is 8.91. The van der Waals surface area contributed by atoms with E-state index in [1.807, 2.05) is 30.3 Å². The van der Waals surface area contributed by atoms with Crippen molar-refractivity contribution in [3.63, 3.8) is 0 Å². The molecule has 0 amide bonds. The van der Waals surface area contributed by atoms with Gasteiger partial charge in [-0.15, -0.1) is 0 Å². The molecule has 0 N–H and O–H groups in total. The lowest BCUT2D eigenvalue weighted by Gasteiger charge is -2.33. The minimum atomic E-state index is -3.76. The number of hydrogen-bond acceptors (Lipinski definition) is 6. The third-order valence-electron chi connectivity index (χ3n) is 4.73. The van der Waals surface area contributed by atoms with Crippen molar-refractivity contribution in [1.82, 2.24) is 28.9 Å². The van der Waals surface area contributed by atoms with Crippen molar-refractivity contribution >= 4 is 10.0 Å². The number of nitrogens with zero attached hydrogens (tertiary/aromatic N) is 6. The molecular weight excluding hydrogens is 368 g/mol. The zero-order chi connectivity index (χ0) is 19.0. The molecule has 1 aliphatic heterocycles. The molecule has 0 bridgehead atoms. The van der Waals surface area contributed by atoms with Gasteiger partial charge in [-0.1, -0.05) is 18.2 Å². The van der Waals surface area contributed by atoms with E-state index in [0.29, 0.717) is 18.1 Å². The Bertz CT molecular complexity index is 1040. The molecular formula is C17H20N6O3S. The SMILES string of the molecule is Cc1c(S(=O)(=O)N2CCOCC2c2ncnn2-c2ccccc2)cnn1C. The Hall–Kier alpha value is -2.56. The van der Waals surface area contributed by atoms with Gasteiger partial charge in [0.2, 0.25) is 10.0 Å². The molecule has 142 valence electrons. The van der Waals surface area contributed by atoms with Crippen LogP contribution in [0, 0.1) is 6.92 Å². The maximum absolute atomic E-state index is 13.3. The van der Waals surface area contributed by atoms with Crippen molar-refractivity contribution in [3.8, 4) is 5.69 Å². The largest absolute Gasteiger partial charge is 0.378 e. The summed E-state index contributed by atoms with van der Waals surface area (Å²) in [6.07, 6.45) is 2.82. The van der Waals surface area contributed by atoms with E-state index in [1.165, 1.54) is 16.8 Å². The van der Waals surface area contributed by atoms with Crippen LogP contribution in [0.1, 0.15) is 17.6 Å². The fourth-order valence-electron chi connectivity index (χ4n) is 3.18. The smallest absolute Gasteiger partial charge is 0.247 e. The first-order chi connectivity index (χ1) is 13.0. The summed E-state index contributed by atoms with van der Waals surface area (Å²) in [5.74, 6) is 0.519. The van der Waals surface area contributed by atoms with E-state index in [1.54, 1.807) is 23.3 Å². The molecule has 3 aromatic rings. The lowest BCUT2D eigenvalue weighted by molar-refractivity contribution is 0.0282. The fraction of sp³-hybridized carbons (Fsp3) is 0.353. The molecule has 27 heavy (non-hydrogen) atoms. The predicted octanol–water partition coefficient (Wildman–Crippen LogP) is 1.07. The maximum Gasteiger partial charge on any atom is 0.247 e. The van der Waals surface area contributed by atoms with Crippen molar-refractivity contribution in [2.75, 3.05) is 19.8 Å². The Morgan fingerprint density at radius 2 is 1.96 bits per heavy atom. The highest BCUT2D eigenvalue weighted by atomic mass is 32.2. The summed E-state index contributed by atoms with van der Waals surface area (Å²) in [7, 11) is -2.04. The van der Waals surface area contributed by atoms with Gasteiger partial charge < -0.3 is 4.74 Å². The number of benzene rings is 1. The van der Waals surface area contributed by atoms with E-state index in [2.05, 4.69) is 15.2 Å². The number of hydrogen-bond donors (Lipinski definition) is 0. The van der Waals surface area contributed by atoms with Crippen molar-refractivity contribution < 1.29 is 13.2 Å². The average molecular weight is 388 g/mol. The monoisotopic (exact) mass is 388 g/mol. The highest BCUT2D eigenvalue weighted by Crippen LogP contribution is 2.31. The molecule has 0 radical (unpaired) electrons. The van der Waals surface area contributed by atoms with Gasteiger partial charge in [0.25, 0.3) is 0 Å². The van der Waals surface area contributed by atoms with Gasteiger partial charge in [-0.2, -0.15) is 14.5 Å². The second-order valence-electron chi connectivity index (χ2n) is 6.29. The van der Waals surface area contributed by atoms with Gasteiger partial charge in [0, 0.05) is 13.6 Å². The van der Waals surface area contributed by atoms with Crippen LogP contribution in [-0.4, -0.2) is 57.0 Å². The zero-order valence-electron chi connectivity index (χ0n) is 15.1. The van der Waals surface area contributed by atoms with Crippen LogP contribution in [0.15, 0.2) is 47.8 Å². The van der Waals surface area contributed by atoms with E-state index >= 15 is 0 Å². The van der Waals surface area contributed by atoms with Gasteiger partial charge in [0.15, 0.2) is 5.82 Å². The first-order valence-corrected chi connectivity index (χ1v) is 9.97. The Morgan fingerprint density at radius 1 is 1.19 bits per heavy atom. The van der Waals surface area contributed by atoms with Crippen LogP contribution in [-0.2, 0) is 21.8 Å². The van der Waals surface area contributed by atoms with Gasteiger partial charge in [-0.05, 0) is 19.1 Å². The Balaban J connectivity index is 1.77. The van der Waals surface area contributed by atoms with Crippen molar-refractivity contribution in [3.05, 3.63) is 54.4 Å². The van der Waals surface area contributed by atoms with Crippen LogP contribution >= 0.6 is 0 Å². The molecule has 0 aliphatic carbocycles. The standard InChI is InChI=1S/C17H20N6O3S/c1-13-16(10-19-21(13)2)27(24,25)22-8-9-26-11-15(22)17-18-12-20-23(17)14-6-4-3-5-7-14/h3-7,10,12,15H,8-9,11H2,1-2H3. The van der Waals surface area contributed by atoms with Crippen LogP contribution in [0.4, 0.5) is 0 Å². The first-order valence-electron chi connectivity index (χ1n) is 8.53. The number of rotatable bonds is 4. The molecule has 1 atom stereocenters.